The number of hydrogen-bond donors (Lipinski definition) is 1. The molecule has 5 nitrogen and oxygen atoms in total. The van der Waals surface area contributed by atoms with E-state index in [0.717, 1.165) is 18.4 Å². The average molecular weight is 277 g/mol. The van der Waals surface area contributed by atoms with Gasteiger partial charge in [0.2, 0.25) is 5.91 Å². The molecular weight excluding hydrogens is 258 g/mol. The fourth-order valence-corrected chi connectivity index (χ4v) is 2.40. The lowest BCUT2D eigenvalue weighted by Crippen LogP contribution is -2.42. The highest BCUT2D eigenvalue weighted by molar-refractivity contribution is 5.84. The van der Waals surface area contributed by atoms with Gasteiger partial charge in [0.05, 0.1) is 6.61 Å². The average Bonchev–Trinajstić information content (AvgIpc) is 2.94. The first-order valence-corrected chi connectivity index (χ1v) is 6.82. The van der Waals surface area contributed by atoms with E-state index in [-0.39, 0.29) is 12.5 Å². The lowest BCUT2D eigenvalue weighted by atomic mass is 10.2. The Morgan fingerprint density at radius 1 is 1.30 bits per heavy atom. The Kier molecular flexibility index (Phi) is 5.12. The zero-order valence-electron chi connectivity index (χ0n) is 11.3. The van der Waals surface area contributed by atoms with Crippen molar-refractivity contribution in [1.29, 1.82) is 0 Å². The third-order valence-corrected chi connectivity index (χ3v) is 3.46. The summed E-state index contributed by atoms with van der Waals surface area (Å²) in [5.74, 6) is -1.16. The lowest BCUT2D eigenvalue weighted by Gasteiger charge is -2.21. The second-order valence-electron chi connectivity index (χ2n) is 4.87. The Bertz CT molecular complexity index is 460. The van der Waals surface area contributed by atoms with E-state index < -0.39 is 12.0 Å². The van der Waals surface area contributed by atoms with Gasteiger partial charge in [-0.2, -0.15) is 0 Å². The topological polar surface area (TPSA) is 66.8 Å². The van der Waals surface area contributed by atoms with Crippen molar-refractivity contribution in [2.45, 2.75) is 25.3 Å². The fourth-order valence-electron chi connectivity index (χ4n) is 2.40. The van der Waals surface area contributed by atoms with E-state index in [1.54, 1.807) is 0 Å². The number of nitrogens with zero attached hydrogens (tertiary/aromatic N) is 1. The summed E-state index contributed by atoms with van der Waals surface area (Å²) in [4.78, 5) is 24.3. The molecule has 0 aromatic heterocycles. The van der Waals surface area contributed by atoms with Gasteiger partial charge in [0.25, 0.3) is 0 Å². The van der Waals surface area contributed by atoms with Gasteiger partial charge < -0.3 is 14.7 Å². The first-order valence-electron chi connectivity index (χ1n) is 6.82. The summed E-state index contributed by atoms with van der Waals surface area (Å²) in [5, 5.41) is 9.02. The zero-order chi connectivity index (χ0) is 14.4. The second-order valence-corrected chi connectivity index (χ2v) is 4.87. The number of amides is 1. The van der Waals surface area contributed by atoms with Crippen molar-refractivity contribution >= 4 is 11.9 Å². The van der Waals surface area contributed by atoms with Crippen molar-refractivity contribution in [3.8, 4) is 0 Å². The van der Waals surface area contributed by atoms with Gasteiger partial charge in [0, 0.05) is 6.54 Å². The summed E-state index contributed by atoms with van der Waals surface area (Å²) < 4.78 is 5.36. The number of aliphatic carboxylic acids is 1. The Morgan fingerprint density at radius 3 is 2.75 bits per heavy atom. The van der Waals surface area contributed by atoms with E-state index >= 15 is 0 Å². The van der Waals surface area contributed by atoms with Crippen LogP contribution in [-0.2, 0) is 20.7 Å². The van der Waals surface area contributed by atoms with Crippen LogP contribution in [0, 0.1) is 0 Å². The van der Waals surface area contributed by atoms with Crippen molar-refractivity contribution in [1.82, 2.24) is 4.90 Å². The highest BCUT2D eigenvalue weighted by atomic mass is 16.5. The fraction of sp³-hybridized carbons (Fsp3) is 0.467. The molecule has 1 heterocycles. The molecule has 1 aromatic carbocycles. The van der Waals surface area contributed by atoms with Crippen LogP contribution in [0.1, 0.15) is 18.4 Å². The second kappa shape index (κ2) is 7.05. The molecule has 1 atom stereocenters. The number of rotatable bonds is 6. The van der Waals surface area contributed by atoms with Crippen molar-refractivity contribution in [2.24, 2.45) is 0 Å². The van der Waals surface area contributed by atoms with Crippen molar-refractivity contribution < 1.29 is 19.4 Å². The summed E-state index contributed by atoms with van der Waals surface area (Å²) >= 11 is 0. The standard InChI is InChI=1S/C15H19NO4/c17-14(16-9-4-7-13(16)15(18)19)11-20-10-8-12-5-2-1-3-6-12/h1-3,5-6,13H,4,7-11H2,(H,18,19)/t13-/m0/s1. The Labute approximate surface area is 118 Å². The Hall–Kier alpha value is -1.88. The first-order chi connectivity index (χ1) is 9.68. The maximum absolute atomic E-state index is 11.9. The monoisotopic (exact) mass is 277 g/mol. The van der Waals surface area contributed by atoms with Crippen molar-refractivity contribution in [2.75, 3.05) is 19.8 Å². The van der Waals surface area contributed by atoms with Gasteiger partial charge in [-0.15, -0.1) is 0 Å². The third kappa shape index (κ3) is 3.81. The number of carbonyl (C=O) groups excluding carboxylic acids is 1. The van der Waals surface area contributed by atoms with Crippen molar-refractivity contribution in [3.05, 3.63) is 35.9 Å². The SMILES string of the molecule is O=C(O)[C@@H]1CCCN1C(=O)COCCc1ccccc1. The Balaban J connectivity index is 1.71. The summed E-state index contributed by atoms with van der Waals surface area (Å²) in [6.07, 6.45) is 2.02. The number of benzene rings is 1. The van der Waals surface area contributed by atoms with Crippen LogP contribution in [0.3, 0.4) is 0 Å². The van der Waals surface area contributed by atoms with Crippen LogP contribution in [0.15, 0.2) is 30.3 Å². The number of hydrogen-bond acceptors (Lipinski definition) is 3. The predicted octanol–water partition coefficient (Wildman–Crippen LogP) is 1.32. The molecule has 0 aliphatic carbocycles. The quantitative estimate of drug-likeness (QED) is 0.796. The zero-order valence-corrected chi connectivity index (χ0v) is 11.3. The number of carbonyl (C=O) groups is 2. The van der Waals surface area contributed by atoms with E-state index in [1.807, 2.05) is 30.3 Å². The third-order valence-electron chi connectivity index (χ3n) is 3.46. The molecule has 0 spiro atoms. The molecule has 0 bridgehead atoms. The lowest BCUT2D eigenvalue weighted by molar-refractivity contribution is -0.150. The minimum Gasteiger partial charge on any atom is -0.480 e. The van der Waals surface area contributed by atoms with Crippen LogP contribution >= 0.6 is 0 Å². The molecule has 20 heavy (non-hydrogen) atoms. The summed E-state index contributed by atoms with van der Waals surface area (Å²) in [6, 6.07) is 9.20. The predicted molar refractivity (Wildman–Crippen MR) is 73.3 cm³/mol. The van der Waals surface area contributed by atoms with Crippen LogP contribution in [-0.4, -0.2) is 47.7 Å². The van der Waals surface area contributed by atoms with Gasteiger partial charge in [0.15, 0.2) is 0 Å². The number of carboxylic acid groups (broad SMARTS) is 1. The molecule has 1 aliphatic rings. The van der Waals surface area contributed by atoms with Gasteiger partial charge in [-0.05, 0) is 24.8 Å². The van der Waals surface area contributed by atoms with Gasteiger partial charge in [-0.25, -0.2) is 4.79 Å². The molecule has 108 valence electrons. The first kappa shape index (κ1) is 14.5. The van der Waals surface area contributed by atoms with Crippen molar-refractivity contribution in [3.63, 3.8) is 0 Å². The number of ether oxygens (including phenoxy) is 1. The number of carboxylic acids is 1. The van der Waals surface area contributed by atoms with Gasteiger partial charge in [-0.3, -0.25) is 4.79 Å². The van der Waals surface area contributed by atoms with E-state index in [4.69, 9.17) is 9.84 Å². The summed E-state index contributed by atoms with van der Waals surface area (Å²) in [6.45, 7) is 0.926. The van der Waals surface area contributed by atoms with Gasteiger partial charge >= 0.3 is 5.97 Å². The van der Waals surface area contributed by atoms with E-state index in [9.17, 15) is 9.59 Å². The highest BCUT2D eigenvalue weighted by Crippen LogP contribution is 2.17. The largest absolute Gasteiger partial charge is 0.480 e. The van der Waals surface area contributed by atoms with Gasteiger partial charge in [-0.1, -0.05) is 30.3 Å². The minimum atomic E-state index is -0.930. The number of likely N-dealkylation sites (tertiary alicyclic amines) is 1. The normalized spacial score (nSPS) is 18.2. The maximum Gasteiger partial charge on any atom is 0.326 e. The molecule has 1 aliphatic heterocycles. The smallest absolute Gasteiger partial charge is 0.326 e. The van der Waals surface area contributed by atoms with Crippen LogP contribution in [0.4, 0.5) is 0 Å². The Morgan fingerprint density at radius 2 is 2.05 bits per heavy atom. The van der Waals surface area contributed by atoms with Crippen LogP contribution in [0.25, 0.3) is 0 Å². The van der Waals surface area contributed by atoms with Gasteiger partial charge in [0.1, 0.15) is 12.6 Å². The maximum atomic E-state index is 11.9. The molecule has 0 unspecified atom stereocenters. The van der Waals surface area contributed by atoms with Crippen LogP contribution in [0.5, 0.6) is 0 Å². The van der Waals surface area contributed by atoms with E-state index in [1.165, 1.54) is 4.90 Å². The van der Waals surface area contributed by atoms with E-state index in [0.29, 0.717) is 19.6 Å². The molecule has 1 fully saturated rings. The summed E-state index contributed by atoms with van der Waals surface area (Å²) in [5.41, 5.74) is 1.16. The van der Waals surface area contributed by atoms with E-state index in [2.05, 4.69) is 0 Å². The minimum absolute atomic E-state index is 0.0450. The molecule has 1 amide bonds. The molecule has 1 N–H and O–H groups in total. The molecule has 0 radical (unpaired) electrons. The molecular formula is C15H19NO4. The van der Waals surface area contributed by atoms with Crippen LogP contribution in [0.2, 0.25) is 0 Å². The highest BCUT2D eigenvalue weighted by Gasteiger charge is 2.33. The molecule has 1 saturated heterocycles. The summed E-state index contributed by atoms with van der Waals surface area (Å²) in [7, 11) is 0. The van der Waals surface area contributed by atoms with Crippen LogP contribution < -0.4 is 0 Å². The molecule has 2 rings (SSSR count). The molecule has 0 saturated carbocycles. The molecule has 1 aromatic rings. The molecule has 5 heteroatoms.